The first-order chi connectivity index (χ1) is 8.41. The van der Waals surface area contributed by atoms with Crippen LogP contribution in [0.2, 0.25) is 0 Å². The third kappa shape index (κ3) is 3.22. The predicted molar refractivity (Wildman–Crippen MR) is 60.6 cm³/mol. The lowest BCUT2D eigenvalue weighted by molar-refractivity contribution is 0.0719. The van der Waals surface area contributed by atoms with Crippen LogP contribution in [0.4, 0.5) is 0 Å². The zero-order valence-electron chi connectivity index (χ0n) is 9.75. The van der Waals surface area contributed by atoms with Gasteiger partial charge in [-0.25, -0.2) is 4.98 Å². The van der Waals surface area contributed by atoms with Crippen LogP contribution in [0.25, 0.3) is 0 Å². The molecule has 0 saturated heterocycles. The van der Waals surface area contributed by atoms with E-state index in [1.54, 1.807) is 0 Å². The SMILES string of the molecule is CC(CO)(CO)NC(=O)c1cncc(C(N)=O)n1. The van der Waals surface area contributed by atoms with Gasteiger partial charge in [0, 0.05) is 0 Å². The second kappa shape index (κ2) is 5.52. The Morgan fingerprint density at radius 2 is 1.89 bits per heavy atom. The summed E-state index contributed by atoms with van der Waals surface area (Å²) < 4.78 is 0. The maximum absolute atomic E-state index is 11.8. The molecule has 1 heterocycles. The van der Waals surface area contributed by atoms with Crippen molar-refractivity contribution in [3.63, 3.8) is 0 Å². The van der Waals surface area contributed by atoms with Crippen LogP contribution >= 0.6 is 0 Å². The van der Waals surface area contributed by atoms with Gasteiger partial charge in [-0.05, 0) is 6.92 Å². The van der Waals surface area contributed by atoms with E-state index in [0.717, 1.165) is 12.4 Å². The first-order valence-corrected chi connectivity index (χ1v) is 5.08. The maximum atomic E-state index is 11.8. The van der Waals surface area contributed by atoms with Gasteiger partial charge in [0.05, 0.1) is 31.1 Å². The van der Waals surface area contributed by atoms with Crippen LogP contribution in [0, 0.1) is 0 Å². The largest absolute Gasteiger partial charge is 0.394 e. The van der Waals surface area contributed by atoms with Crippen LogP contribution in [0.1, 0.15) is 27.9 Å². The Morgan fingerprint density at radius 3 is 2.39 bits per heavy atom. The molecule has 0 aliphatic carbocycles. The number of hydrogen-bond acceptors (Lipinski definition) is 6. The van der Waals surface area contributed by atoms with Crippen LogP contribution in [-0.4, -0.2) is 50.7 Å². The minimum Gasteiger partial charge on any atom is -0.394 e. The molecule has 8 heteroatoms. The lowest BCUT2D eigenvalue weighted by Crippen LogP contribution is -2.52. The van der Waals surface area contributed by atoms with Gasteiger partial charge in [0.2, 0.25) is 0 Å². The minimum atomic E-state index is -1.18. The highest BCUT2D eigenvalue weighted by atomic mass is 16.3. The molecule has 8 nitrogen and oxygen atoms in total. The number of nitrogens with one attached hydrogen (secondary N) is 1. The number of hydrogen-bond donors (Lipinski definition) is 4. The first-order valence-electron chi connectivity index (χ1n) is 5.08. The second-order valence-electron chi connectivity index (χ2n) is 3.98. The molecule has 0 aliphatic heterocycles. The Bertz CT molecular complexity index is 459. The third-order valence-corrected chi connectivity index (χ3v) is 2.23. The minimum absolute atomic E-state index is 0.126. The first kappa shape index (κ1) is 14.0. The van der Waals surface area contributed by atoms with E-state index in [1.165, 1.54) is 6.92 Å². The monoisotopic (exact) mass is 254 g/mol. The Balaban J connectivity index is 2.91. The highest BCUT2D eigenvalue weighted by Crippen LogP contribution is 2.03. The van der Waals surface area contributed by atoms with Crippen molar-refractivity contribution in [1.82, 2.24) is 15.3 Å². The van der Waals surface area contributed by atoms with Crippen molar-refractivity contribution in [2.24, 2.45) is 5.73 Å². The molecule has 1 aromatic rings. The summed E-state index contributed by atoms with van der Waals surface area (Å²) in [7, 11) is 0. The van der Waals surface area contributed by atoms with Crippen molar-refractivity contribution in [1.29, 1.82) is 0 Å². The molecule has 18 heavy (non-hydrogen) atoms. The third-order valence-electron chi connectivity index (χ3n) is 2.23. The topological polar surface area (TPSA) is 138 Å². The Kier molecular flexibility index (Phi) is 4.29. The Labute approximate surface area is 103 Å². The second-order valence-corrected chi connectivity index (χ2v) is 3.98. The van der Waals surface area contributed by atoms with Crippen LogP contribution in [0.15, 0.2) is 12.4 Å². The van der Waals surface area contributed by atoms with Gasteiger partial charge < -0.3 is 21.3 Å². The van der Waals surface area contributed by atoms with Gasteiger partial charge in [0.1, 0.15) is 11.4 Å². The van der Waals surface area contributed by atoms with Crippen molar-refractivity contribution in [3.8, 4) is 0 Å². The van der Waals surface area contributed by atoms with Gasteiger partial charge in [-0.15, -0.1) is 0 Å². The summed E-state index contributed by atoms with van der Waals surface area (Å²) in [6.45, 7) is 0.562. The molecule has 0 unspecified atom stereocenters. The number of nitrogens with two attached hydrogens (primary N) is 1. The van der Waals surface area contributed by atoms with E-state index < -0.39 is 30.6 Å². The van der Waals surface area contributed by atoms with Crippen LogP contribution in [0.3, 0.4) is 0 Å². The van der Waals surface area contributed by atoms with Crippen LogP contribution in [-0.2, 0) is 0 Å². The normalized spacial score (nSPS) is 11.1. The Morgan fingerprint density at radius 1 is 1.33 bits per heavy atom. The van der Waals surface area contributed by atoms with Gasteiger partial charge in [-0.2, -0.15) is 0 Å². The van der Waals surface area contributed by atoms with Crippen molar-refractivity contribution in [3.05, 3.63) is 23.8 Å². The molecule has 0 radical (unpaired) electrons. The van der Waals surface area contributed by atoms with E-state index in [9.17, 15) is 9.59 Å². The zero-order valence-corrected chi connectivity index (χ0v) is 9.75. The molecule has 2 amide bonds. The van der Waals surface area contributed by atoms with E-state index in [1.807, 2.05) is 0 Å². The van der Waals surface area contributed by atoms with Gasteiger partial charge in [-0.3, -0.25) is 14.6 Å². The van der Waals surface area contributed by atoms with E-state index in [0.29, 0.717) is 0 Å². The number of aliphatic hydroxyl groups is 2. The summed E-state index contributed by atoms with van der Waals surface area (Å²) in [5.74, 6) is -1.47. The summed E-state index contributed by atoms with van der Waals surface area (Å²) >= 11 is 0. The molecule has 0 bridgehead atoms. The molecule has 0 aromatic carbocycles. The highest BCUT2D eigenvalue weighted by molar-refractivity contribution is 5.95. The lowest BCUT2D eigenvalue weighted by atomic mass is 10.1. The highest BCUT2D eigenvalue weighted by Gasteiger charge is 2.26. The zero-order chi connectivity index (χ0) is 13.8. The standard InChI is InChI=1S/C10H14N4O4/c1-10(4-15,5-16)14-9(18)7-3-12-2-6(13-7)8(11)17/h2-3,15-16H,4-5H2,1H3,(H2,11,17)(H,14,18). The molecule has 0 spiro atoms. The number of nitrogens with zero attached hydrogens (tertiary/aromatic N) is 2. The molecule has 98 valence electrons. The number of rotatable bonds is 5. The van der Waals surface area contributed by atoms with Crippen molar-refractivity contribution >= 4 is 11.8 Å². The molecule has 5 N–H and O–H groups in total. The summed E-state index contributed by atoms with van der Waals surface area (Å²) in [5, 5.41) is 20.5. The molecular weight excluding hydrogens is 240 g/mol. The summed E-state index contributed by atoms with van der Waals surface area (Å²) in [6.07, 6.45) is 2.29. The summed E-state index contributed by atoms with van der Waals surface area (Å²) in [4.78, 5) is 30.0. The molecule has 0 atom stereocenters. The van der Waals surface area contributed by atoms with Crippen LogP contribution in [0.5, 0.6) is 0 Å². The Hall–Kier alpha value is -2.06. The molecule has 1 aromatic heterocycles. The molecule has 0 fully saturated rings. The number of aromatic nitrogens is 2. The van der Waals surface area contributed by atoms with Gasteiger partial charge >= 0.3 is 0 Å². The quantitative estimate of drug-likeness (QED) is 0.481. The summed E-state index contributed by atoms with van der Waals surface area (Å²) in [6, 6.07) is 0. The fraction of sp³-hybridized carbons (Fsp3) is 0.400. The smallest absolute Gasteiger partial charge is 0.272 e. The van der Waals surface area contributed by atoms with Crippen molar-refractivity contribution in [2.45, 2.75) is 12.5 Å². The number of aliphatic hydroxyl groups excluding tert-OH is 2. The fourth-order valence-corrected chi connectivity index (χ4v) is 1.06. The van der Waals surface area contributed by atoms with Gasteiger partial charge in [0.25, 0.3) is 11.8 Å². The molecule has 0 saturated carbocycles. The number of primary amides is 1. The molecular formula is C10H14N4O4. The van der Waals surface area contributed by atoms with Crippen molar-refractivity contribution < 1.29 is 19.8 Å². The van der Waals surface area contributed by atoms with Gasteiger partial charge in [-0.1, -0.05) is 0 Å². The predicted octanol–water partition coefficient (Wildman–Crippen LogP) is -1.95. The average molecular weight is 254 g/mol. The fourth-order valence-electron chi connectivity index (χ4n) is 1.06. The number of amides is 2. The average Bonchev–Trinajstić information content (AvgIpc) is 2.38. The molecule has 0 aliphatic rings. The molecule has 1 rings (SSSR count). The van der Waals surface area contributed by atoms with E-state index in [4.69, 9.17) is 15.9 Å². The van der Waals surface area contributed by atoms with E-state index >= 15 is 0 Å². The lowest BCUT2D eigenvalue weighted by Gasteiger charge is -2.25. The van der Waals surface area contributed by atoms with E-state index in [-0.39, 0.29) is 11.4 Å². The number of carbonyl (C=O) groups excluding carboxylic acids is 2. The van der Waals surface area contributed by atoms with E-state index in [2.05, 4.69) is 15.3 Å². The van der Waals surface area contributed by atoms with Crippen molar-refractivity contribution in [2.75, 3.05) is 13.2 Å². The van der Waals surface area contributed by atoms with Crippen LogP contribution < -0.4 is 11.1 Å². The maximum Gasteiger partial charge on any atom is 0.272 e. The summed E-state index contributed by atoms with van der Waals surface area (Å²) in [5.41, 5.74) is 3.56. The number of carbonyl (C=O) groups is 2. The van der Waals surface area contributed by atoms with Gasteiger partial charge in [0.15, 0.2) is 0 Å².